The molecular weight excluding hydrogens is 285 g/mol. The maximum atomic E-state index is 11.5. The maximum absolute atomic E-state index is 11.5. The van der Waals surface area contributed by atoms with Crippen molar-refractivity contribution >= 4 is 39.0 Å². The number of ketones is 1. The van der Waals surface area contributed by atoms with Crippen LogP contribution in [-0.4, -0.2) is 15.5 Å². The van der Waals surface area contributed by atoms with E-state index in [4.69, 9.17) is 11.6 Å². The van der Waals surface area contributed by atoms with E-state index in [1.165, 1.54) is 18.2 Å². The van der Waals surface area contributed by atoms with E-state index in [0.29, 0.717) is 5.56 Å². The first kappa shape index (κ1) is 12.1. The van der Waals surface area contributed by atoms with Crippen molar-refractivity contribution in [2.45, 2.75) is 11.8 Å². The van der Waals surface area contributed by atoms with E-state index < -0.39 is 4.92 Å². The molecule has 0 aliphatic heterocycles. The molecule has 6 heteroatoms. The minimum absolute atomic E-state index is 0.0287. The average molecular weight is 293 g/mol. The highest BCUT2D eigenvalue weighted by Gasteiger charge is 2.17. The fraction of sp³-hybridized carbons (Fsp3) is 0.222. The Morgan fingerprint density at radius 2 is 2.20 bits per heavy atom. The van der Waals surface area contributed by atoms with Gasteiger partial charge in [0.05, 0.1) is 9.75 Å². The van der Waals surface area contributed by atoms with Crippen molar-refractivity contribution in [2.75, 3.05) is 0 Å². The smallest absolute Gasteiger partial charge is 0.287 e. The molecule has 0 bridgehead atoms. The molecule has 0 N–H and O–H groups in total. The summed E-state index contributed by atoms with van der Waals surface area (Å²) in [5, 5.41) is 10.4. The van der Waals surface area contributed by atoms with Crippen molar-refractivity contribution in [1.82, 2.24) is 0 Å². The molecule has 0 spiro atoms. The minimum atomic E-state index is -0.589. The van der Waals surface area contributed by atoms with Crippen LogP contribution in [0.15, 0.2) is 18.2 Å². The van der Waals surface area contributed by atoms with Crippen LogP contribution in [0, 0.1) is 10.1 Å². The van der Waals surface area contributed by atoms with Gasteiger partial charge in [-0.25, -0.2) is 0 Å². The second-order valence-electron chi connectivity index (χ2n) is 2.90. The van der Waals surface area contributed by atoms with Gasteiger partial charge < -0.3 is 0 Å². The zero-order chi connectivity index (χ0) is 11.6. The molecule has 1 atom stereocenters. The number of hydrogen-bond acceptors (Lipinski definition) is 3. The highest BCUT2D eigenvalue weighted by atomic mass is 79.9. The van der Waals surface area contributed by atoms with Crippen LogP contribution in [0.1, 0.15) is 17.3 Å². The number of nitro groups is 1. The van der Waals surface area contributed by atoms with Crippen molar-refractivity contribution in [2.24, 2.45) is 0 Å². The number of hydrogen-bond donors (Lipinski definition) is 0. The van der Waals surface area contributed by atoms with Gasteiger partial charge in [0.25, 0.3) is 5.69 Å². The van der Waals surface area contributed by atoms with Crippen LogP contribution in [0.3, 0.4) is 0 Å². The van der Waals surface area contributed by atoms with Gasteiger partial charge in [0.1, 0.15) is 5.02 Å². The summed E-state index contributed by atoms with van der Waals surface area (Å²) in [6, 6.07) is 3.93. The first-order valence-electron chi connectivity index (χ1n) is 4.05. The summed E-state index contributed by atoms with van der Waals surface area (Å²) >= 11 is 8.79. The summed E-state index contributed by atoms with van der Waals surface area (Å²) in [7, 11) is 0. The van der Waals surface area contributed by atoms with Gasteiger partial charge in [-0.15, -0.1) is 0 Å². The Kier molecular flexibility index (Phi) is 3.82. The van der Waals surface area contributed by atoms with E-state index >= 15 is 0 Å². The first-order valence-corrected chi connectivity index (χ1v) is 5.35. The normalized spacial score (nSPS) is 12.2. The maximum Gasteiger partial charge on any atom is 0.287 e. The van der Waals surface area contributed by atoms with Crippen LogP contribution < -0.4 is 0 Å². The second-order valence-corrected chi connectivity index (χ2v) is 4.68. The number of benzene rings is 1. The molecule has 0 saturated heterocycles. The number of nitro benzene ring substituents is 1. The Labute approximate surface area is 99.5 Å². The van der Waals surface area contributed by atoms with Crippen molar-refractivity contribution in [1.29, 1.82) is 0 Å². The fourth-order valence-corrected chi connectivity index (χ4v) is 1.55. The van der Waals surface area contributed by atoms with Gasteiger partial charge in [0, 0.05) is 11.6 Å². The van der Waals surface area contributed by atoms with Crippen LogP contribution in [0.4, 0.5) is 5.69 Å². The Bertz CT molecular complexity index is 420. The molecule has 0 radical (unpaired) electrons. The number of alkyl halides is 1. The van der Waals surface area contributed by atoms with Gasteiger partial charge in [-0.3, -0.25) is 14.9 Å². The number of carbonyl (C=O) groups is 1. The standard InChI is InChI=1S/C9H7BrClNO3/c1-5(10)9(13)6-2-3-8(12(14)15)7(11)4-6/h2-5H,1H3. The number of Topliss-reactive ketones (excluding diaryl/α,β-unsaturated/α-hetero) is 1. The Morgan fingerprint density at radius 1 is 1.60 bits per heavy atom. The lowest BCUT2D eigenvalue weighted by Crippen LogP contribution is -2.09. The monoisotopic (exact) mass is 291 g/mol. The lowest BCUT2D eigenvalue weighted by molar-refractivity contribution is -0.384. The number of carbonyl (C=O) groups excluding carboxylic acids is 1. The molecule has 0 aromatic heterocycles. The van der Waals surface area contributed by atoms with Crippen molar-refractivity contribution in [3.63, 3.8) is 0 Å². The third kappa shape index (κ3) is 2.76. The molecule has 0 heterocycles. The highest BCUT2D eigenvalue weighted by molar-refractivity contribution is 9.10. The zero-order valence-corrected chi connectivity index (χ0v) is 10.1. The first-order chi connectivity index (χ1) is 6.93. The molecule has 1 rings (SSSR count). The SMILES string of the molecule is CC(Br)C(=O)c1ccc([N+](=O)[O-])c(Cl)c1. The zero-order valence-electron chi connectivity index (χ0n) is 7.74. The largest absolute Gasteiger partial charge is 0.293 e. The van der Waals surface area contributed by atoms with E-state index in [-0.39, 0.29) is 21.3 Å². The van der Waals surface area contributed by atoms with E-state index in [9.17, 15) is 14.9 Å². The molecule has 1 aromatic rings. The van der Waals surface area contributed by atoms with Crippen molar-refractivity contribution in [3.8, 4) is 0 Å². The lowest BCUT2D eigenvalue weighted by atomic mass is 10.1. The highest BCUT2D eigenvalue weighted by Crippen LogP contribution is 2.25. The van der Waals surface area contributed by atoms with Gasteiger partial charge >= 0.3 is 0 Å². The molecule has 80 valence electrons. The van der Waals surface area contributed by atoms with E-state index in [1.807, 2.05) is 0 Å². The van der Waals surface area contributed by atoms with Crippen molar-refractivity contribution in [3.05, 3.63) is 38.9 Å². The van der Waals surface area contributed by atoms with Gasteiger partial charge in [-0.2, -0.15) is 0 Å². The fourth-order valence-electron chi connectivity index (χ4n) is 1.04. The molecule has 1 unspecified atom stereocenters. The molecule has 4 nitrogen and oxygen atoms in total. The molecular formula is C9H7BrClNO3. The molecule has 0 aliphatic carbocycles. The summed E-state index contributed by atoms with van der Waals surface area (Å²) < 4.78 is 0. The van der Waals surface area contributed by atoms with Gasteiger partial charge in [-0.05, 0) is 19.1 Å². The van der Waals surface area contributed by atoms with E-state index in [0.717, 1.165) is 0 Å². The molecule has 0 saturated carbocycles. The molecule has 1 aromatic carbocycles. The number of halogens is 2. The topological polar surface area (TPSA) is 60.2 Å². The number of rotatable bonds is 3. The summed E-state index contributed by atoms with van der Waals surface area (Å²) in [5.41, 5.74) is 0.158. The second kappa shape index (κ2) is 4.72. The molecule has 0 aliphatic rings. The Balaban J connectivity index is 3.12. The van der Waals surface area contributed by atoms with E-state index in [2.05, 4.69) is 15.9 Å². The number of nitrogens with zero attached hydrogens (tertiary/aromatic N) is 1. The summed E-state index contributed by atoms with van der Waals surface area (Å²) in [6.07, 6.45) is 0. The van der Waals surface area contributed by atoms with Crippen LogP contribution in [0.25, 0.3) is 0 Å². The summed E-state index contributed by atoms with van der Waals surface area (Å²) in [5.74, 6) is -0.160. The van der Waals surface area contributed by atoms with Crippen LogP contribution >= 0.6 is 27.5 Å². The third-order valence-corrected chi connectivity index (χ3v) is 2.51. The van der Waals surface area contributed by atoms with Crippen molar-refractivity contribution < 1.29 is 9.72 Å². The third-order valence-electron chi connectivity index (χ3n) is 1.79. The Hall–Kier alpha value is -0.940. The minimum Gasteiger partial charge on any atom is -0.293 e. The lowest BCUT2D eigenvalue weighted by Gasteiger charge is -2.03. The van der Waals surface area contributed by atoms with Crippen LogP contribution in [-0.2, 0) is 0 Å². The van der Waals surface area contributed by atoms with Gasteiger partial charge in [0.15, 0.2) is 5.78 Å². The molecule has 0 fully saturated rings. The predicted octanol–water partition coefficient (Wildman–Crippen LogP) is 3.21. The average Bonchev–Trinajstić information content (AvgIpc) is 2.15. The van der Waals surface area contributed by atoms with Crippen LogP contribution in [0.5, 0.6) is 0 Å². The van der Waals surface area contributed by atoms with Gasteiger partial charge in [0.2, 0.25) is 0 Å². The van der Waals surface area contributed by atoms with E-state index in [1.54, 1.807) is 6.92 Å². The molecule has 0 amide bonds. The summed E-state index contributed by atoms with van der Waals surface area (Å²) in [4.78, 5) is 21.0. The summed E-state index contributed by atoms with van der Waals surface area (Å²) in [6.45, 7) is 1.68. The predicted molar refractivity (Wildman–Crippen MR) is 60.8 cm³/mol. The quantitative estimate of drug-likeness (QED) is 0.372. The molecule has 15 heavy (non-hydrogen) atoms. The van der Waals surface area contributed by atoms with Crippen LogP contribution in [0.2, 0.25) is 5.02 Å². The Morgan fingerprint density at radius 3 is 2.60 bits per heavy atom. The van der Waals surface area contributed by atoms with Gasteiger partial charge in [-0.1, -0.05) is 27.5 Å².